The lowest BCUT2D eigenvalue weighted by Crippen LogP contribution is -2.42. The van der Waals surface area contributed by atoms with Crippen LogP contribution in [-0.2, 0) is 4.74 Å². The van der Waals surface area contributed by atoms with Gasteiger partial charge in [-0.1, -0.05) is 5.92 Å². The number of carbonyl (C=O) groups is 1. The molecule has 1 fully saturated rings. The predicted molar refractivity (Wildman–Crippen MR) is 70.0 cm³/mol. The van der Waals surface area contributed by atoms with E-state index in [-0.39, 0.29) is 12.7 Å². The summed E-state index contributed by atoms with van der Waals surface area (Å²) >= 11 is 0. The Morgan fingerprint density at radius 1 is 1.44 bits per heavy atom. The smallest absolute Gasteiger partial charge is 0.410 e. The second-order valence-corrected chi connectivity index (χ2v) is 5.65. The molecule has 0 aliphatic carbocycles. The lowest BCUT2D eigenvalue weighted by atomic mass is 9.95. The van der Waals surface area contributed by atoms with E-state index in [9.17, 15) is 4.79 Å². The van der Waals surface area contributed by atoms with Crippen molar-refractivity contribution in [2.75, 3.05) is 19.7 Å². The molecule has 1 N–H and O–H groups in total. The highest BCUT2D eigenvalue weighted by Gasteiger charge is 2.27. The SMILES string of the molecule is CC(C)(C)OC(=O)N1CCCC(CC#CCO)C1. The summed E-state index contributed by atoms with van der Waals surface area (Å²) in [5, 5.41) is 8.61. The molecule has 1 atom stereocenters. The Hall–Kier alpha value is -1.21. The van der Waals surface area contributed by atoms with E-state index in [0.29, 0.717) is 12.5 Å². The summed E-state index contributed by atoms with van der Waals surface area (Å²) in [6, 6.07) is 0. The Morgan fingerprint density at radius 2 is 2.17 bits per heavy atom. The maximum Gasteiger partial charge on any atom is 0.410 e. The van der Waals surface area contributed by atoms with Gasteiger partial charge in [-0.25, -0.2) is 4.79 Å². The van der Waals surface area contributed by atoms with Gasteiger partial charge >= 0.3 is 6.09 Å². The van der Waals surface area contributed by atoms with E-state index in [0.717, 1.165) is 25.8 Å². The zero-order valence-corrected chi connectivity index (χ0v) is 11.5. The van der Waals surface area contributed by atoms with Gasteiger partial charge in [-0.3, -0.25) is 0 Å². The maximum atomic E-state index is 11.9. The van der Waals surface area contributed by atoms with Gasteiger partial charge in [0.1, 0.15) is 12.2 Å². The van der Waals surface area contributed by atoms with Crippen LogP contribution in [0.4, 0.5) is 4.79 Å². The van der Waals surface area contributed by atoms with Crippen LogP contribution in [0.15, 0.2) is 0 Å². The van der Waals surface area contributed by atoms with Gasteiger partial charge in [0, 0.05) is 19.5 Å². The van der Waals surface area contributed by atoms with Gasteiger partial charge < -0.3 is 14.7 Å². The number of ether oxygens (including phenoxy) is 1. The minimum atomic E-state index is -0.444. The molecule has 1 unspecified atom stereocenters. The van der Waals surface area contributed by atoms with Crippen molar-refractivity contribution in [1.29, 1.82) is 0 Å². The number of carbonyl (C=O) groups excluding carboxylic acids is 1. The molecular formula is C14H23NO3. The number of aliphatic hydroxyl groups excluding tert-OH is 1. The van der Waals surface area contributed by atoms with Crippen LogP contribution in [0.5, 0.6) is 0 Å². The van der Waals surface area contributed by atoms with Gasteiger partial charge in [-0.2, -0.15) is 0 Å². The lowest BCUT2D eigenvalue weighted by Gasteiger charge is -2.33. The molecule has 102 valence electrons. The van der Waals surface area contributed by atoms with Gasteiger partial charge in [-0.05, 0) is 39.5 Å². The topological polar surface area (TPSA) is 49.8 Å². The number of hydrogen-bond acceptors (Lipinski definition) is 3. The molecule has 0 aromatic heterocycles. The number of likely N-dealkylation sites (tertiary alicyclic amines) is 1. The Balaban J connectivity index is 2.45. The lowest BCUT2D eigenvalue weighted by molar-refractivity contribution is 0.0168. The number of amides is 1. The molecule has 0 bridgehead atoms. The normalized spacial score (nSPS) is 20.0. The van der Waals surface area contributed by atoms with E-state index < -0.39 is 5.60 Å². The van der Waals surface area contributed by atoms with Crippen molar-refractivity contribution in [1.82, 2.24) is 4.90 Å². The average Bonchev–Trinajstić information content (AvgIpc) is 2.27. The highest BCUT2D eigenvalue weighted by molar-refractivity contribution is 5.68. The standard InChI is InChI=1S/C14H23NO3/c1-14(2,3)18-13(17)15-9-6-8-12(11-15)7-4-5-10-16/h12,16H,6-11H2,1-3H3. The number of nitrogens with zero attached hydrogens (tertiary/aromatic N) is 1. The molecule has 1 saturated heterocycles. The second kappa shape index (κ2) is 6.65. The van der Waals surface area contributed by atoms with Gasteiger partial charge in [0.25, 0.3) is 0 Å². The summed E-state index contributed by atoms with van der Waals surface area (Å²) in [6.07, 6.45) is 2.58. The van der Waals surface area contributed by atoms with Crippen molar-refractivity contribution in [2.45, 2.75) is 45.6 Å². The molecule has 1 amide bonds. The Bertz CT molecular complexity index is 335. The molecular weight excluding hydrogens is 230 g/mol. The van der Waals surface area contributed by atoms with Crippen LogP contribution < -0.4 is 0 Å². The van der Waals surface area contributed by atoms with Crippen LogP contribution in [0.3, 0.4) is 0 Å². The van der Waals surface area contributed by atoms with Gasteiger partial charge in [0.15, 0.2) is 0 Å². The van der Waals surface area contributed by atoms with Crippen LogP contribution in [-0.4, -0.2) is 41.4 Å². The van der Waals surface area contributed by atoms with Crippen molar-refractivity contribution >= 4 is 6.09 Å². The van der Waals surface area contributed by atoms with E-state index in [1.165, 1.54) is 0 Å². The van der Waals surface area contributed by atoms with Crippen LogP contribution in [0.25, 0.3) is 0 Å². The van der Waals surface area contributed by atoms with E-state index in [1.54, 1.807) is 4.90 Å². The van der Waals surface area contributed by atoms with E-state index >= 15 is 0 Å². The predicted octanol–water partition coefficient (Wildman–Crippen LogP) is 2.02. The van der Waals surface area contributed by atoms with Crippen LogP contribution in [0.2, 0.25) is 0 Å². The number of aliphatic hydroxyl groups is 1. The fourth-order valence-corrected chi connectivity index (χ4v) is 2.00. The van der Waals surface area contributed by atoms with Crippen LogP contribution in [0, 0.1) is 17.8 Å². The molecule has 1 aliphatic rings. The van der Waals surface area contributed by atoms with Gasteiger partial charge in [0.05, 0.1) is 0 Å². The Morgan fingerprint density at radius 3 is 2.78 bits per heavy atom. The van der Waals surface area contributed by atoms with Crippen molar-refractivity contribution in [3.05, 3.63) is 0 Å². The molecule has 0 spiro atoms. The fourth-order valence-electron chi connectivity index (χ4n) is 2.00. The Labute approximate surface area is 109 Å². The first-order chi connectivity index (χ1) is 8.42. The highest BCUT2D eigenvalue weighted by atomic mass is 16.6. The number of piperidine rings is 1. The summed E-state index contributed by atoms with van der Waals surface area (Å²) in [4.78, 5) is 13.7. The minimum absolute atomic E-state index is 0.0947. The van der Waals surface area contributed by atoms with Crippen molar-refractivity contribution in [2.24, 2.45) is 5.92 Å². The molecule has 0 aromatic rings. The summed E-state index contributed by atoms with van der Waals surface area (Å²) in [7, 11) is 0. The van der Waals surface area contributed by atoms with E-state index in [2.05, 4.69) is 11.8 Å². The first-order valence-electron chi connectivity index (χ1n) is 6.47. The summed E-state index contributed by atoms with van der Waals surface area (Å²) in [5.74, 6) is 5.98. The van der Waals surface area contributed by atoms with Crippen molar-refractivity contribution in [3.63, 3.8) is 0 Å². The molecule has 4 heteroatoms. The van der Waals surface area contributed by atoms with Crippen LogP contribution in [0.1, 0.15) is 40.0 Å². The molecule has 0 saturated carbocycles. The summed E-state index contributed by atoms with van der Waals surface area (Å²) in [5.41, 5.74) is -0.444. The first kappa shape index (κ1) is 14.8. The molecule has 1 rings (SSSR count). The maximum absolute atomic E-state index is 11.9. The largest absolute Gasteiger partial charge is 0.444 e. The molecule has 1 heterocycles. The minimum Gasteiger partial charge on any atom is -0.444 e. The van der Waals surface area contributed by atoms with E-state index in [4.69, 9.17) is 9.84 Å². The fraction of sp³-hybridized carbons (Fsp3) is 0.786. The Kier molecular flexibility index (Phi) is 5.49. The van der Waals surface area contributed by atoms with Crippen LogP contribution >= 0.6 is 0 Å². The highest BCUT2D eigenvalue weighted by Crippen LogP contribution is 2.21. The van der Waals surface area contributed by atoms with Gasteiger partial charge in [-0.15, -0.1) is 5.92 Å². The first-order valence-corrected chi connectivity index (χ1v) is 6.47. The van der Waals surface area contributed by atoms with Crippen molar-refractivity contribution < 1.29 is 14.6 Å². The molecule has 0 aromatic carbocycles. The summed E-state index contributed by atoms with van der Waals surface area (Å²) < 4.78 is 5.36. The molecule has 1 aliphatic heterocycles. The van der Waals surface area contributed by atoms with Gasteiger partial charge in [0.2, 0.25) is 0 Å². The second-order valence-electron chi connectivity index (χ2n) is 5.65. The molecule has 18 heavy (non-hydrogen) atoms. The molecule has 4 nitrogen and oxygen atoms in total. The molecule has 0 radical (unpaired) electrons. The third-order valence-corrected chi connectivity index (χ3v) is 2.77. The monoisotopic (exact) mass is 253 g/mol. The number of hydrogen-bond donors (Lipinski definition) is 1. The van der Waals surface area contributed by atoms with Crippen molar-refractivity contribution in [3.8, 4) is 11.8 Å². The zero-order chi connectivity index (χ0) is 13.6. The average molecular weight is 253 g/mol. The quantitative estimate of drug-likeness (QED) is 0.727. The third-order valence-electron chi connectivity index (χ3n) is 2.77. The third kappa shape index (κ3) is 5.42. The van der Waals surface area contributed by atoms with E-state index in [1.807, 2.05) is 20.8 Å². The summed E-state index contributed by atoms with van der Waals surface area (Å²) in [6.45, 7) is 6.99. The zero-order valence-electron chi connectivity index (χ0n) is 11.5. The number of rotatable bonds is 1.